The minimum absolute atomic E-state index is 0.0247. The van der Waals surface area contributed by atoms with Crippen molar-refractivity contribution in [2.24, 2.45) is 0 Å². The van der Waals surface area contributed by atoms with Gasteiger partial charge in [0.2, 0.25) is 5.91 Å². The molecule has 3 aliphatic rings. The van der Waals surface area contributed by atoms with Gasteiger partial charge < -0.3 is 24.6 Å². The smallest absolute Gasteiger partial charge is 0.256 e. The Morgan fingerprint density at radius 1 is 0.971 bits per heavy atom. The lowest BCUT2D eigenvalue weighted by Gasteiger charge is -2.41. The van der Waals surface area contributed by atoms with Crippen molar-refractivity contribution >= 4 is 17.5 Å². The molecule has 0 aliphatic carbocycles. The molecular formula is C28H35N3O4. The van der Waals surface area contributed by atoms with Crippen LogP contribution in [0.2, 0.25) is 0 Å². The molecule has 0 bridgehead atoms. The number of rotatable bonds is 6. The van der Waals surface area contributed by atoms with Crippen LogP contribution in [0.1, 0.15) is 49.3 Å². The number of hydrogen-bond acceptors (Lipinski definition) is 5. The van der Waals surface area contributed by atoms with Crippen LogP contribution in [0.5, 0.6) is 5.75 Å². The second-order valence-corrected chi connectivity index (χ2v) is 9.70. The van der Waals surface area contributed by atoms with E-state index in [1.165, 1.54) is 5.56 Å². The van der Waals surface area contributed by atoms with Crippen molar-refractivity contribution in [3.63, 3.8) is 0 Å². The van der Waals surface area contributed by atoms with E-state index in [1.807, 2.05) is 52.3 Å². The lowest BCUT2D eigenvalue weighted by molar-refractivity contribution is -0.143. The zero-order chi connectivity index (χ0) is 24.2. The molecule has 0 saturated carbocycles. The van der Waals surface area contributed by atoms with Crippen molar-refractivity contribution in [1.82, 2.24) is 10.2 Å². The number of methoxy groups -OCH3 is 1. The van der Waals surface area contributed by atoms with Crippen LogP contribution in [-0.2, 0) is 20.7 Å². The first kappa shape index (κ1) is 23.8. The number of piperidine rings is 2. The molecule has 3 aliphatic heterocycles. The van der Waals surface area contributed by atoms with Crippen LogP contribution in [-0.4, -0.2) is 62.1 Å². The molecule has 2 aromatic carbocycles. The van der Waals surface area contributed by atoms with Crippen LogP contribution < -0.4 is 15.0 Å². The molecule has 1 atom stereocenters. The van der Waals surface area contributed by atoms with Gasteiger partial charge in [-0.1, -0.05) is 30.3 Å². The molecule has 7 nitrogen and oxygen atoms in total. The van der Waals surface area contributed by atoms with Gasteiger partial charge in [0.05, 0.1) is 0 Å². The van der Waals surface area contributed by atoms with Crippen molar-refractivity contribution in [3.8, 4) is 5.75 Å². The fourth-order valence-corrected chi connectivity index (χ4v) is 5.57. The highest BCUT2D eigenvalue weighted by molar-refractivity contribution is 5.97. The molecule has 0 aromatic heterocycles. The molecule has 2 aromatic rings. The third-order valence-electron chi connectivity index (χ3n) is 7.50. The molecule has 2 fully saturated rings. The van der Waals surface area contributed by atoms with Gasteiger partial charge in [0.1, 0.15) is 11.9 Å². The Hall–Kier alpha value is -2.90. The van der Waals surface area contributed by atoms with E-state index >= 15 is 0 Å². The summed E-state index contributed by atoms with van der Waals surface area (Å²) in [4.78, 5) is 30.0. The van der Waals surface area contributed by atoms with Crippen LogP contribution >= 0.6 is 0 Å². The molecule has 3 heterocycles. The number of para-hydroxylation sites is 1. The average Bonchev–Trinajstić information content (AvgIpc) is 2.91. The molecule has 2 amide bonds. The summed E-state index contributed by atoms with van der Waals surface area (Å²) in [6, 6.07) is 16.0. The highest BCUT2D eigenvalue weighted by Gasteiger charge is 2.35. The van der Waals surface area contributed by atoms with Gasteiger partial charge in [0.15, 0.2) is 6.10 Å². The summed E-state index contributed by atoms with van der Waals surface area (Å²) < 4.78 is 11.7. The summed E-state index contributed by atoms with van der Waals surface area (Å²) in [5, 5.41) is 3.35. The minimum Gasteiger partial charge on any atom is -0.490 e. The summed E-state index contributed by atoms with van der Waals surface area (Å²) >= 11 is 0. The zero-order valence-electron chi connectivity index (χ0n) is 20.4. The first-order valence-corrected chi connectivity index (χ1v) is 12.8. The summed E-state index contributed by atoms with van der Waals surface area (Å²) in [6.45, 7) is 3.20. The molecule has 1 N–H and O–H groups in total. The summed E-state index contributed by atoms with van der Waals surface area (Å²) in [6.07, 6.45) is 4.51. The second kappa shape index (κ2) is 10.8. The Morgan fingerprint density at radius 3 is 2.40 bits per heavy atom. The first-order valence-electron chi connectivity index (χ1n) is 12.8. The molecular weight excluding hydrogens is 442 g/mol. The number of benzene rings is 2. The van der Waals surface area contributed by atoms with Crippen molar-refractivity contribution in [1.29, 1.82) is 0 Å². The maximum Gasteiger partial charge on any atom is 0.256 e. The molecule has 0 radical (unpaired) electrons. The van der Waals surface area contributed by atoms with Crippen LogP contribution in [0.15, 0.2) is 48.5 Å². The van der Waals surface area contributed by atoms with Gasteiger partial charge >= 0.3 is 0 Å². The fraction of sp³-hybridized carbons (Fsp3) is 0.500. The number of carbonyl (C=O) groups excluding carboxylic acids is 2. The number of amides is 2. The molecule has 2 saturated heterocycles. The Bertz CT molecular complexity index is 1030. The standard InChI is InChI=1S/C28H35N3O4/c1-34-27(21-6-9-23(10-7-21)35-24-12-16-29-17-13-24)28(33)30-18-14-22(15-19-30)31-25-5-3-2-4-20(25)8-11-26(31)32/h2-7,9-10,22,24,27,29H,8,11-19H2,1H3. The fourth-order valence-electron chi connectivity index (χ4n) is 5.57. The summed E-state index contributed by atoms with van der Waals surface area (Å²) in [5.41, 5.74) is 3.10. The van der Waals surface area contributed by atoms with Gasteiger partial charge in [-0.3, -0.25) is 9.59 Å². The predicted octanol–water partition coefficient (Wildman–Crippen LogP) is 3.48. The number of hydrogen-bond donors (Lipinski definition) is 1. The minimum atomic E-state index is -0.642. The Kier molecular flexibility index (Phi) is 7.35. The third kappa shape index (κ3) is 5.21. The number of nitrogens with one attached hydrogen (secondary N) is 1. The SMILES string of the molecule is COC(C(=O)N1CCC(N2C(=O)CCc3ccccc32)CC1)c1ccc(OC2CCNCC2)cc1. The van der Waals surface area contributed by atoms with Gasteiger partial charge in [0, 0.05) is 38.3 Å². The molecule has 7 heteroatoms. The molecule has 35 heavy (non-hydrogen) atoms. The number of carbonyl (C=O) groups is 2. The quantitative estimate of drug-likeness (QED) is 0.690. The van der Waals surface area contributed by atoms with Gasteiger partial charge in [-0.05, 0) is 74.5 Å². The number of likely N-dealkylation sites (tertiary alicyclic amines) is 1. The topological polar surface area (TPSA) is 71.1 Å². The third-order valence-corrected chi connectivity index (χ3v) is 7.50. The zero-order valence-corrected chi connectivity index (χ0v) is 20.4. The monoisotopic (exact) mass is 477 g/mol. The van der Waals surface area contributed by atoms with E-state index in [9.17, 15) is 9.59 Å². The van der Waals surface area contributed by atoms with E-state index in [0.717, 1.165) is 62.2 Å². The maximum atomic E-state index is 13.4. The Balaban J connectivity index is 1.20. The van der Waals surface area contributed by atoms with Crippen molar-refractivity contribution in [2.45, 2.75) is 56.8 Å². The first-order chi connectivity index (χ1) is 17.1. The van der Waals surface area contributed by atoms with E-state index in [1.54, 1.807) is 7.11 Å². The highest BCUT2D eigenvalue weighted by Crippen LogP contribution is 2.33. The number of aryl methyl sites for hydroxylation is 1. The largest absolute Gasteiger partial charge is 0.490 e. The van der Waals surface area contributed by atoms with Gasteiger partial charge in [-0.2, -0.15) is 0 Å². The van der Waals surface area contributed by atoms with Crippen LogP contribution in [0.25, 0.3) is 0 Å². The number of anilines is 1. The predicted molar refractivity (Wildman–Crippen MR) is 135 cm³/mol. The van der Waals surface area contributed by atoms with E-state index in [2.05, 4.69) is 11.4 Å². The highest BCUT2D eigenvalue weighted by atomic mass is 16.5. The van der Waals surface area contributed by atoms with Crippen LogP contribution in [0.3, 0.4) is 0 Å². The maximum absolute atomic E-state index is 13.4. The molecule has 5 rings (SSSR count). The normalized spacial score (nSPS) is 20.4. The van der Waals surface area contributed by atoms with Crippen molar-refractivity contribution < 1.29 is 19.1 Å². The van der Waals surface area contributed by atoms with Crippen LogP contribution in [0, 0.1) is 0 Å². The van der Waals surface area contributed by atoms with E-state index < -0.39 is 6.10 Å². The van der Waals surface area contributed by atoms with Gasteiger partial charge in [-0.15, -0.1) is 0 Å². The van der Waals surface area contributed by atoms with Crippen molar-refractivity contribution in [2.75, 3.05) is 38.2 Å². The van der Waals surface area contributed by atoms with Gasteiger partial charge in [0.25, 0.3) is 5.91 Å². The van der Waals surface area contributed by atoms with E-state index in [4.69, 9.17) is 9.47 Å². The number of ether oxygens (including phenoxy) is 2. The molecule has 186 valence electrons. The number of nitrogens with zero attached hydrogens (tertiary/aromatic N) is 2. The lowest BCUT2D eigenvalue weighted by Crippen LogP contribution is -2.51. The lowest BCUT2D eigenvalue weighted by atomic mass is 9.95. The van der Waals surface area contributed by atoms with Crippen LogP contribution in [0.4, 0.5) is 5.69 Å². The van der Waals surface area contributed by atoms with Gasteiger partial charge in [-0.25, -0.2) is 0 Å². The number of fused-ring (bicyclic) bond motifs is 1. The second-order valence-electron chi connectivity index (χ2n) is 9.70. The van der Waals surface area contributed by atoms with Crippen molar-refractivity contribution in [3.05, 3.63) is 59.7 Å². The Morgan fingerprint density at radius 2 is 1.69 bits per heavy atom. The molecule has 0 spiro atoms. The Labute approximate surface area is 207 Å². The average molecular weight is 478 g/mol. The van der Waals surface area contributed by atoms with E-state index in [-0.39, 0.29) is 24.0 Å². The summed E-state index contributed by atoms with van der Waals surface area (Å²) in [5.74, 6) is 0.994. The van der Waals surface area contributed by atoms with E-state index in [0.29, 0.717) is 19.5 Å². The summed E-state index contributed by atoms with van der Waals surface area (Å²) in [7, 11) is 1.58. The molecule has 1 unspecified atom stereocenters.